The van der Waals surface area contributed by atoms with E-state index in [0.717, 1.165) is 0 Å². The molecule has 0 bridgehead atoms. The van der Waals surface area contributed by atoms with Crippen molar-refractivity contribution in [3.8, 4) is 0 Å². The van der Waals surface area contributed by atoms with Crippen LogP contribution in [0, 0.1) is 5.92 Å². The van der Waals surface area contributed by atoms with Crippen molar-refractivity contribution in [2.45, 2.75) is 70.1 Å². The normalized spacial score (nSPS) is 19.7. The van der Waals surface area contributed by atoms with E-state index in [0.29, 0.717) is 19.3 Å². The number of aliphatic carboxylic acids is 2. The number of likely N-dealkylation sites (tertiary alicyclic amines) is 1. The smallest absolute Gasteiger partial charge is 0.326 e. The van der Waals surface area contributed by atoms with Crippen LogP contribution < -0.4 is 16.4 Å². The molecule has 0 radical (unpaired) electrons. The molecular weight excluding hydrogens is 412 g/mol. The van der Waals surface area contributed by atoms with E-state index in [9.17, 15) is 29.1 Å². The highest BCUT2D eigenvalue weighted by molar-refractivity contribution is 5.94. The molecule has 7 N–H and O–H groups in total. The van der Waals surface area contributed by atoms with E-state index in [2.05, 4.69) is 10.6 Å². The van der Waals surface area contributed by atoms with E-state index in [1.165, 1.54) is 4.90 Å². The van der Waals surface area contributed by atoms with Gasteiger partial charge in [-0.15, -0.1) is 0 Å². The van der Waals surface area contributed by atoms with Gasteiger partial charge in [0.1, 0.15) is 24.2 Å². The molecule has 1 aliphatic heterocycles. The largest absolute Gasteiger partial charge is 0.481 e. The fourth-order valence-electron chi connectivity index (χ4n) is 3.32. The van der Waals surface area contributed by atoms with Gasteiger partial charge in [-0.3, -0.25) is 19.2 Å². The second-order valence-electron chi connectivity index (χ2n) is 7.68. The van der Waals surface area contributed by atoms with Crippen molar-refractivity contribution in [2.24, 2.45) is 11.7 Å². The van der Waals surface area contributed by atoms with Crippen LogP contribution in [0.3, 0.4) is 0 Å². The molecule has 1 aliphatic rings. The van der Waals surface area contributed by atoms with Crippen molar-refractivity contribution in [2.75, 3.05) is 13.2 Å². The van der Waals surface area contributed by atoms with Crippen LogP contribution in [0.5, 0.6) is 0 Å². The molecule has 0 aliphatic carbocycles. The number of nitrogens with two attached hydrogens (primary N) is 1. The minimum atomic E-state index is -1.29. The Balaban J connectivity index is 2.98. The van der Waals surface area contributed by atoms with E-state index >= 15 is 0 Å². The molecule has 1 heterocycles. The van der Waals surface area contributed by atoms with Crippen LogP contribution in [0.2, 0.25) is 0 Å². The average Bonchev–Trinajstić information content (AvgIpc) is 3.22. The highest BCUT2D eigenvalue weighted by Gasteiger charge is 2.39. The zero-order chi connectivity index (χ0) is 23.7. The zero-order valence-electron chi connectivity index (χ0n) is 17.7. The molecule has 176 valence electrons. The first-order valence-corrected chi connectivity index (χ1v) is 10.3. The number of hydrogen-bond acceptors (Lipinski definition) is 7. The van der Waals surface area contributed by atoms with Gasteiger partial charge < -0.3 is 36.6 Å². The maximum absolute atomic E-state index is 13.0. The Hall–Kier alpha value is -2.73. The molecule has 5 atom stereocenters. The fourth-order valence-corrected chi connectivity index (χ4v) is 3.32. The molecule has 0 spiro atoms. The number of carboxylic acids is 2. The van der Waals surface area contributed by atoms with Crippen molar-refractivity contribution in [1.29, 1.82) is 0 Å². The second-order valence-corrected chi connectivity index (χ2v) is 7.68. The first-order valence-electron chi connectivity index (χ1n) is 10.3. The van der Waals surface area contributed by atoms with Gasteiger partial charge in [0.25, 0.3) is 0 Å². The Morgan fingerprint density at radius 3 is 2.32 bits per heavy atom. The van der Waals surface area contributed by atoms with Crippen LogP contribution in [0.15, 0.2) is 0 Å². The zero-order valence-corrected chi connectivity index (χ0v) is 17.7. The van der Waals surface area contributed by atoms with Gasteiger partial charge in [-0.1, -0.05) is 20.3 Å². The Kier molecular flexibility index (Phi) is 10.4. The average molecular weight is 444 g/mol. The Morgan fingerprint density at radius 1 is 1.16 bits per heavy atom. The lowest BCUT2D eigenvalue weighted by atomic mass is 9.98. The quantitative estimate of drug-likeness (QED) is 0.202. The van der Waals surface area contributed by atoms with Crippen molar-refractivity contribution in [1.82, 2.24) is 15.5 Å². The molecule has 1 fully saturated rings. The van der Waals surface area contributed by atoms with Gasteiger partial charge in [-0.25, -0.2) is 4.79 Å². The molecule has 0 aromatic heterocycles. The summed E-state index contributed by atoms with van der Waals surface area (Å²) < 4.78 is 0. The van der Waals surface area contributed by atoms with E-state index in [1.807, 2.05) is 0 Å². The summed E-state index contributed by atoms with van der Waals surface area (Å²) in [6.07, 6.45) is 0.679. The Bertz CT molecular complexity index is 686. The lowest BCUT2D eigenvalue weighted by Gasteiger charge is -2.30. The van der Waals surface area contributed by atoms with Gasteiger partial charge in [0.2, 0.25) is 17.7 Å². The fraction of sp³-hybridized carbons (Fsp3) is 0.737. The van der Waals surface area contributed by atoms with Gasteiger partial charge in [0.05, 0.1) is 6.61 Å². The number of amides is 3. The molecule has 5 unspecified atom stereocenters. The van der Waals surface area contributed by atoms with Gasteiger partial charge in [-0.05, 0) is 25.2 Å². The number of aliphatic hydroxyl groups excluding tert-OH is 1. The summed E-state index contributed by atoms with van der Waals surface area (Å²) in [6, 6.07) is -4.58. The molecule has 3 amide bonds. The van der Waals surface area contributed by atoms with Gasteiger partial charge in [0.15, 0.2) is 0 Å². The third-order valence-corrected chi connectivity index (χ3v) is 5.41. The number of carbonyl (C=O) groups excluding carboxylic acids is 3. The van der Waals surface area contributed by atoms with Crippen LogP contribution >= 0.6 is 0 Å². The summed E-state index contributed by atoms with van der Waals surface area (Å²) in [7, 11) is 0. The molecule has 0 aromatic carbocycles. The third kappa shape index (κ3) is 7.47. The minimum Gasteiger partial charge on any atom is -0.481 e. The molecule has 12 nitrogen and oxygen atoms in total. The van der Waals surface area contributed by atoms with E-state index < -0.39 is 66.9 Å². The first kappa shape index (κ1) is 26.3. The molecular formula is C19H32N4O8. The number of nitrogens with one attached hydrogen (secondary N) is 2. The molecule has 1 saturated heterocycles. The summed E-state index contributed by atoms with van der Waals surface area (Å²) in [5.74, 6) is -4.78. The first-order chi connectivity index (χ1) is 14.5. The van der Waals surface area contributed by atoms with Crippen LogP contribution in [0.25, 0.3) is 0 Å². The van der Waals surface area contributed by atoms with Crippen LogP contribution in [0.1, 0.15) is 46.0 Å². The topological polar surface area (TPSA) is 199 Å². The molecule has 0 aromatic rings. The summed E-state index contributed by atoms with van der Waals surface area (Å²) in [5.41, 5.74) is 5.45. The highest BCUT2D eigenvalue weighted by atomic mass is 16.4. The maximum Gasteiger partial charge on any atom is 0.326 e. The van der Waals surface area contributed by atoms with E-state index in [-0.39, 0.29) is 18.9 Å². The van der Waals surface area contributed by atoms with Crippen molar-refractivity contribution in [3.05, 3.63) is 0 Å². The standard InChI is InChI=1S/C19H32N4O8/c1-3-10(2)15(19(30)31)22-17(28)13-5-4-8-23(13)18(29)12(6-7-14(25)26)21-16(27)11(20)9-24/h10-13,15,24H,3-9,20H2,1-2H3,(H,21,27)(H,22,28)(H,25,26)(H,30,31). The molecule has 31 heavy (non-hydrogen) atoms. The number of hydrogen-bond donors (Lipinski definition) is 6. The lowest BCUT2D eigenvalue weighted by molar-refractivity contribution is -0.146. The van der Waals surface area contributed by atoms with E-state index in [4.69, 9.17) is 15.9 Å². The van der Waals surface area contributed by atoms with Gasteiger partial charge >= 0.3 is 11.9 Å². The summed E-state index contributed by atoms with van der Waals surface area (Å²) in [6.45, 7) is 3.03. The predicted octanol–water partition coefficient (Wildman–Crippen LogP) is -1.74. The maximum atomic E-state index is 13.0. The summed E-state index contributed by atoms with van der Waals surface area (Å²) in [5, 5.41) is 32.2. The number of rotatable bonds is 12. The SMILES string of the molecule is CCC(C)C(NC(=O)C1CCCN1C(=O)C(CCC(=O)O)NC(=O)C(N)CO)C(=O)O. The van der Waals surface area contributed by atoms with Crippen molar-refractivity contribution < 1.29 is 39.3 Å². The molecule has 0 saturated carbocycles. The summed E-state index contributed by atoms with van der Waals surface area (Å²) >= 11 is 0. The van der Waals surface area contributed by atoms with Crippen LogP contribution in [0.4, 0.5) is 0 Å². The minimum absolute atomic E-state index is 0.198. The Labute approximate surface area is 180 Å². The monoisotopic (exact) mass is 444 g/mol. The van der Waals surface area contributed by atoms with E-state index in [1.54, 1.807) is 13.8 Å². The molecule has 12 heteroatoms. The number of aliphatic hydroxyl groups is 1. The number of carbonyl (C=O) groups is 5. The van der Waals surface area contributed by atoms with Gasteiger partial charge in [-0.2, -0.15) is 0 Å². The lowest BCUT2D eigenvalue weighted by Crippen LogP contribution is -2.57. The molecule has 1 rings (SSSR count). The predicted molar refractivity (Wildman–Crippen MR) is 108 cm³/mol. The number of nitrogens with zero attached hydrogens (tertiary/aromatic N) is 1. The van der Waals surface area contributed by atoms with Crippen LogP contribution in [-0.2, 0) is 24.0 Å². The highest BCUT2D eigenvalue weighted by Crippen LogP contribution is 2.21. The third-order valence-electron chi connectivity index (χ3n) is 5.41. The van der Waals surface area contributed by atoms with Crippen molar-refractivity contribution >= 4 is 29.7 Å². The second kappa shape index (κ2) is 12.2. The van der Waals surface area contributed by atoms with Crippen molar-refractivity contribution in [3.63, 3.8) is 0 Å². The van der Waals surface area contributed by atoms with Gasteiger partial charge in [0, 0.05) is 13.0 Å². The summed E-state index contributed by atoms with van der Waals surface area (Å²) in [4.78, 5) is 61.5. The Morgan fingerprint density at radius 2 is 1.81 bits per heavy atom. The van der Waals surface area contributed by atoms with Crippen LogP contribution in [-0.4, -0.2) is 87.2 Å². The number of carboxylic acid groups (broad SMARTS) is 2.